The van der Waals surface area contributed by atoms with Crippen LogP contribution < -0.4 is 5.32 Å². The Morgan fingerprint density at radius 3 is 2.71 bits per heavy atom. The molecular weight excluding hydrogens is 271 g/mol. The second kappa shape index (κ2) is 5.90. The summed E-state index contributed by atoms with van der Waals surface area (Å²) >= 11 is 11.1. The summed E-state index contributed by atoms with van der Waals surface area (Å²) < 4.78 is 0. The minimum absolute atomic E-state index is 0.0103. The van der Waals surface area contributed by atoms with Crippen molar-refractivity contribution >= 4 is 34.6 Å². The molecule has 0 aliphatic heterocycles. The molecule has 0 heterocycles. The van der Waals surface area contributed by atoms with Crippen molar-refractivity contribution in [3.63, 3.8) is 0 Å². The average Bonchev–Trinajstić information content (AvgIpc) is 2.28. The first-order chi connectivity index (χ1) is 7.95. The number of nitrogens with zero attached hydrogens (tertiary/aromatic N) is 1. The Balaban J connectivity index is 2.95. The number of halogens is 2. The fourth-order valence-electron chi connectivity index (χ4n) is 1.14. The van der Waals surface area contributed by atoms with Crippen LogP contribution in [0.4, 0.5) is 11.4 Å². The fourth-order valence-corrected chi connectivity index (χ4v) is 1.46. The van der Waals surface area contributed by atoms with Crippen molar-refractivity contribution in [2.24, 2.45) is 0 Å². The molecular formula is C9H10Cl2N2O4. The Morgan fingerprint density at radius 2 is 2.18 bits per heavy atom. The molecule has 8 heteroatoms. The number of aliphatic hydroxyl groups is 1. The van der Waals surface area contributed by atoms with Gasteiger partial charge < -0.3 is 15.5 Å². The predicted molar refractivity (Wildman–Crippen MR) is 65.0 cm³/mol. The van der Waals surface area contributed by atoms with Gasteiger partial charge in [0, 0.05) is 17.6 Å². The van der Waals surface area contributed by atoms with Gasteiger partial charge in [-0.15, -0.1) is 11.6 Å². The van der Waals surface area contributed by atoms with Gasteiger partial charge in [-0.05, 0) is 6.07 Å². The van der Waals surface area contributed by atoms with Crippen LogP contribution in [0.15, 0.2) is 12.1 Å². The number of nitro benzene ring substituents is 1. The van der Waals surface area contributed by atoms with E-state index in [1.165, 1.54) is 6.07 Å². The largest absolute Gasteiger partial charge is 0.501 e. The van der Waals surface area contributed by atoms with Gasteiger partial charge in [0.2, 0.25) is 5.75 Å². The number of aliphatic hydroxyl groups excluding tert-OH is 1. The van der Waals surface area contributed by atoms with Crippen LogP contribution in [0.1, 0.15) is 0 Å². The summed E-state index contributed by atoms with van der Waals surface area (Å²) in [6, 6.07) is 2.37. The topological polar surface area (TPSA) is 95.6 Å². The van der Waals surface area contributed by atoms with E-state index in [1.54, 1.807) is 0 Å². The van der Waals surface area contributed by atoms with Crippen molar-refractivity contribution in [3.8, 4) is 5.75 Å². The van der Waals surface area contributed by atoms with Gasteiger partial charge in [-0.1, -0.05) is 11.6 Å². The van der Waals surface area contributed by atoms with Gasteiger partial charge in [-0.3, -0.25) is 10.1 Å². The molecule has 0 fully saturated rings. The van der Waals surface area contributed by atoms with Crippen molar-refractivity contribution < 1.29 is 15.1 Å². The summed E-state index contributed by atoms with van der Waals surface area (Å²) in [7, 11) is 0. The highest BCUT2D eigenvalue weighted by Gasteiger charge is 2.18. The zero-order valence-corrected chi connectivity index (χ0v) is 10.1. The van der Waals surface area contributed by atoms with Crippen LogP contribution in [0.2, 0.25) is 5.02 Å². The molecule has 0 radical (unpaired) electrons. The molecule has 17 heavy (non-hydrogen) atoms. The summed E-state index contributed by atoms with van der Waals surface area (Å²) in [6.45, 7) is 0.0502. The zero-order valence-electron chi connectivity index (χ0n) is 8.56. The van der Waals surface area contributed by atoms with Gasteiger partial charge >= 0.3 is 5.69 Å². The van der Waals surface area contributed by atoms with Crippen LogP contribution in [0.3, 0.4) is 0 Å². The molecule has 0 aliphatic rings. The normalized spacial score (nSPS) is 12.2. The molecule has 0 saturated carbocycles. The van der Waals surface area contributed by atoms with Crippen molar-refractivity contribution in [2.75, 3.05) is 17.7 Å². The van der Waals surface area contributed by atoms with Gasteiger partial charge in [-0.25, -0.2) is 0 Å². The number of rotatable bonds is 5. The van der Waals surface area contributed by atoms with Crippen LogP contribution in [0, 0.1) is 10.1 Å². The summed E-state index contributed by atoms with van der Waals surface area (Å²) in [5.74, 6) is -0.516. The molecule has 0 aromatic heterocycles. The number of benzene rings is 1. The summed E-state index contributed by atoms with van der Waals surface area (Å²) in [6.07, 6.45) is -0.825. The van der Waals surface area contributed by atoms with Crippen LogP contribution in [-0.4, -0.2) is 33.7 Å². The number of nitro groups is 1. The quantitative estimate of drug-likeness (QED) is 0.332. The van der Waals surface area contributed by atoms with Gasteiger partial charge in [0.15, 0.2) is 0 Å². The van der Waals surface area contributed by atoms with Crippen LogP contribution in [0.5, 0.6) is 5.75 Å². The maximum absolute atomic E-state index is 10.6. The molecule has 1 unspecified atom stereocenters. The first-order valence-corrected chi connectivity index (χ1v) is 5.51. The maximum Gasteiger partial charge on any atom is 0.314 e. The smallest absolute Gasteiger partial charge is 0.314 e. The molecule has 94 valence electrons. The van der Waals surface area contributed by atoms with E-state index >= 15 is 0 Å². The monoisotopic (exact) mass is 280 g/mol. The number of phenols is 1. The lowest BCUT2D eigenvalue weighted by molar-refractivity contribution is -0.385. The minimum atomic E-state index is -0.825. The second-order valence-corrected chi connectivity index (χ2v) is 4.01. The van der Waals surface area contributed by atoms with E-state index in [-0.39, 0.29) is 23.1 Å². The lowest BCUT2D eigenvalue weighted by atomic mass is 10.2. The number of aromatic hydroxyl groups is 1. The molecule has 0 bridgehead atoms. The Bertz CT molecular complexity index is 428. The Morgan fingerprint density at radius 1 is 1.53 bits per heavy atom. The number of hydrogen-bond donors (Lipinski definition) is 3. The number of hydrogen-bond acceptors (Lipinski definition) is 5. The Kier molecular flexibility index (Phi) is 4.80. The third kappa shape index (κ3) is 3.62. The number of nitrogens with one attached hydrogen (secondary N) is 1. The SMILES string of the molecule is O=[N+]([O-])c1cc(Cl)cc(NCC(O)CCl)c1O. The van der Waals surface area contributed by atoms with Crippen molar-refractivity contribution in [1.82, 2.24) is 0 Å². The van der Waals surface area contributed by atoms with Crippen LogP contribution in [-0.2, 0) is 0 Å². The van der Waals surface area contributed by atoms with E-state index in [4.69, 9.17) is 23.2 Å². The fraction of sp³-hybridized carbons (Fsp3) is 0.333. The number of phenolic OH excluding ortho intramolecular Hbond substituents is 1. The molecule has 0 spiro atoms. The number of alkyl halides is 1. The number of anilines is 1. The maximum atomic E-state index is 10.6. The molecule has 6 nitrogen and oxygen atoms in total. The van der Waals surface area contributed by atoms with Gasteiger partial charge in [-0.2, -0.15) is 0 Å². The lowest BCUT2D eigenvalue weighted by Gasteiger charge is -2.11. The Hall–Kier alpha value is -1.24. The summed E-state index contributed by atoms with van der Waals surface area (Å²) in [4.78, 5) is 9.86. The minimum Gasteiger partial charge on any atom is -0.501 e. The lowest BCUT2D eigenvalue weighted by Crippen LogP contribution is -2.20. The third-order valence-corrected chi connectivity index (χ3v) is 2.53. The van der Waals surface area contributed by atoms with E-state index in [2.05, 4.69) is 5.32 Å². The zero-order chi connectivity index (χ0) is 13.0. The first kappa shape index (κ1) is 13.8. The van der Waals surface area contributed by atoms with E-state index in [9.17, 15) is 20.3 Å². The molecule has 0 aliphatic carbocycles. The summed E-state index contributed by atoms with van der Waals surface area (Å²) in [5, 5.41) is 32.2. The highest BCUT2D eigenvalue weighted by Crippen LogP contribution is 2.36. The molecule has 1 atom stereocenters. The van der Waals surface area contributed by atoms with E-state index < -0.39 is 22.5 Å². The van der Waals surface area contributed by atoms with Gasteiger partial charge in [0.1, 0.15) is 0 Å². The van der Waals surface area contributed by atoms with Crippen molar-refractivity contribution in [1.29, 1.82) is 0 Å². The summed E-state index contributed by atoms with van der Waals surface area (Å²) in [5.41, 5.74) is -0.422. The highest BCUT2D eigenvalue weighted by atomic mass is 35.5. The van der Waals surface area contributed by atoms with Crippen molar-refractivity contribution in [2.45, 2.75) is 6.10 Å². The molecule has 1 aromatic rings. The van der Waals surface area contributed by atoms with E-state index in [0.29, 0.717) is 0 Å². The Labute approximate surface area is 107 Å². The average molecular weight is 281 g/mol. The van der Waals surface area contributed by atoms with Crippen LogP contribution in [0.25, 0.3) is 0 Å². The second-order valence-electron chi connectivity index (χ2n) is 3.27. The molecule has 3 N–H and O–H groups in total. The van der Waals surface area contributed by atoms with Crippen molar-refractivity contribution in [3.05, 3.63) is 27.3 Å². The van der Waals surface area contributed by atoms with Crippen LogP contribution >= 0.6 is 23.2 Å². The van der Waals surface area contributed by atoms with E-state index in [1.807, 2.05) is 0 Å². The van der Waals surface area contributed by atoms with Gasteiger partial charge in [0.05, 0.1) is 22.6 Å². The molecule has 0 amide bonds. The third-order valence-electron chi connectivity index (χ3n) is 1.96. The van der Waals surface area contributed by atoms with Gasteiger partial charge in [0.25, 0.3) is 0 Å². The molecule has 1 rings (SSSR count). The highest BCUT2D eigenvalue weighted by molar-refractivity contribution is 6.31. The van der Waals surface area contributed by atoms with E-state index in [0.717, 1.165) is 6.07 Å². The molecule has 1 aromatic carbocycles. The standard InChI is InChI=1S/C9H10Cl2N2O4/c10-3-6(14)4-12-7-1-5(11)2-8(9(7)15)13(16)17/h1-2,6,12,14-15H,3-4H2. The molecule has 0 saturated heterocycles. The first-order valence-electron chi connectivity index (χ1n) is 4.60. The predicted octanol–water partition coefficient (Wildman–Crippen LogP) is 1.97.